The summed E-state index contributed by atoms with van der Waals surface area (Å²) in [6.45, 7) is 6.60. The maximum absolute atomic E-state index is 13.7. The molecule has 1 aliphatic rings. The Morgan fingerprint density at radius 2 is 1.81 bits per heavy atom. The summed E-state index contributed by atoms with van der Waals surface area (Å²) in [6, 6.07) is 8.39. The summed E-state index contributed by atoms with van der Waals surface area (Å²) in [7, 11) is 1.73. The molecule has 31 heavy (non-hydrogen) atoms. The number of nitrogens with one attached hydrogen (secondary N) is 2. The van der Waals surface area contributed by atoms with Crippen LogP contribution in [-0.2, 0) is 0 Å². The van der Waals surface area contributed by atoms with Crippen molar-refractivity contribution in [2.75, 3.05) is 35.7 Å². The summed E-state index contributed by atoms with van der Waals surface area (Å²) in [5.74, 6) is -0.821. The van der Waals surface area contributed by atoms with Gasteiger partial charge in [0.15, 0.2) is 0 Å². The van der Waals surface area contributed by atoms with E-state index in [1.54, 1.807) is 13.1 Å². The number of carbonyl (C=O) groups excluding carboxylic acids is 1. The number of ether oxygens (including phenoxy) is 1. The number of amides is 1. The van der Waals surface area contributed by atoms with Gasteiger partial charge in [-0.15, -0.1) is 13.2 Å². The Morgan fingerprint density at radius 1 is 1.16 bits per heavy atom. The molecule has 0 aromatic heterocycles. The minimum atomic E-state index is -4.78. The number of anilines is 3. The second-order valence-corrected chi connectivity index (χ2v) is 6.79. The van der Waals surface area contributed by atoms with E-state index in [0.29, 0.717) is 29.9 Å². The fourth-order valence-electron chi connectivity index (χ4n) is 3.28. The zero-order valence-electron chi connectivity index (χ0n) is 17.9. The molecule has 9 heteroatoms. The van der Waals surface area contributed by atoms with E-state index in [4.69, 9.17) is 0 Å². The van der Waals surface area contributed by atoms with Crippen LogP contribution < -0.4 is 20.3 Å². The van der Waals surface area contributed by atoms with Gasteiger partial charge in [-0.05, 0) is 55.3 Å². The van der Waals surface area contributed by atoms with E-state index in [-0.39, 0.29) is 12.3 Å². The van der Waals surface area contributed by atoms with Crippen molar-refractivity contribution in [3.8, 4) is 5.75 Å². The first-order chi connectivity index (χ1) is 14.7. The lowest BCUT2D eigenvalue weighted by molar-refractivity contribution is -0.274. The summed E-state index contributed by atoms with van der Waals surface area (Å²) in [5, 5.41) is 5.68. The molecule has 5 nitrogen and oxygen atoms in total. The highest BCUT2D eigenvalue weighted by atomic mass is 19.4. The van der Waals surface area contributed by atoms with Crippen LogP contribution in [0.5, 0.6) is 5.75 Å². The van der Waals surface area contributed by atoms with Crippen LogP contribution in [0.3, 0.4) is 0 Å². The van der Waals surface area contributed by atoms with E-state index in [9.17, 15) is 22.4 Å². The van der Waals surface area contributed by atoms with Crippen molar-refractivity contribution in [3.63, 3.8) is 0 Å². The molecule has 1 aliphatic heterocycles. The quantitative estimate of drug-likeness (QED) is 0.579. The van der Waals surface area contributed by atoms with Crippen molar-refractivity contribution in [2.24, 2.45) is 0 Å². The second kappa shape index (κ2) is 10.4. The lowest BCUT2D eigenvalue weighted by atomic mass is 10.1. The van der Waals surface area contributed by atoms with Crippen LogP contribution in [0, 0.1) is 6.92 Å². The number of hydrogen-bond acceptors (Lipinski definition) is 4. The van der Waals surface area contributed by atoms with Crippen LogP contribution >= 0.6 is 0 Å². The van der Waals surface area contributed by atoms with Gasteiger partial charge < -0.3 is 20.3 Å². The number of halogens is 4. The van der Waals surface area contributed by atoms with E-state index in [1.165, 1.54) is 12.1 Å². The maximum atomic E-state index is 13.7. The summed E-state index contributed by atoms with van der Waals surface area (Å²) in [4.78, 5) is 14.7. The molecule has 1 fully saturated rings. The third-order valence-electron chi connectivity index (χ3n) is 4.67. The van der Waals surface area contributed by atoms with E-state index in [2.05, 4.69) is 15.4 Å². The average molecular weight is 441 g/mol. The monoisotopic (exact) mass is 441 g/mol. The van der Waals surface area contributed by atoms with Crippen LogP contribution in [0.15, 0.2) is 36.4 Å². The molecule has 1 atom stereocenters. The van der Waals surface area contributed by atoms with Crippen molar-refractivity contribution in [1.29, 1.82) is 0 Å². The summed E-state index contributed by atoms with van der Waals surface area (Å²) < 4.78 is 54.3. The molecular formula is C22H27F4N3O2. The molecule has 1 heterocycles. The van der Waals surface area contributed by atoms with Crippen LogP contribution in [0.4, 0.5) is 34.6 Å². The highest BCUT2D eigenvalue weighted by Gasteiger charge is 2.31. The molecule has 3 rings (SSSR count). The van der Waals surface area contributed by atoms with E-state index >= 15 is 0 Å². The van der Waals surface area contributed by atoms with Gasteiger partial charge in [0, 0.05) is 31.5 Å². The Kier molecular flexibility index (Phi) is 8.13. The maximum Gasteiger partial charge on any atom is 0.573 e. The van der Waals surface area contributed by atoms with Gasteiger partial charge >= 0.3 is 6.36 Å². The molecule has 2 aromatic carbocycles. The third kappa shape index (κ3) is 6.50. The second-order valence-electron chi connectivity index (χ2n) is 6.79. The number of aryl methyl sites for hydroxylation is 1. The summed E-state index contributed by atoms with van der Waals surface area (Å²) >= 11 is 0. The van der Waals surface area contributed by atoms with Crippen molar-refractivity contribution in [3.05, 3.63) is 47.5 Å². The minimum absolute atomic E-state index is 0.210. The standard InChI is InChI=1S/C20H21F4N3O2.C2H6/c1-12-9-18(27-8-7-13(21)11-27)16(10-17(12)25-2)19(28)26-14-3-5-15(6-4-14)29-20(22,23)24;1-2/h3-6,9-10,13,25H,7-8,11H2,1-2H3,(H,26,28);1-2H3. The van der Waals surface area contributed by atoms with Crippen LogP contribution in [0.1, 0.15) is 36.2 Å². The first-order valence-corrected chi connectivity index (χ1v) is 10.0. The fourth-order valence-corrected chi connectivity index (χ4v) is 3.28. The van der Waals surface area contributed by atoms with Gasteiger partial charge in [-0.1, -0.05) is 13.8 Å². The minimum Gasteiger partial charge on any atom is -0.406 e. The predicted octanol–water partition coefficient (Wildman–Crippen LogP) is 5.76. The normalized spacial score (nSPS) is 15.7. The van der Waals surface area contributed by atoms with Gasteiger partial charge in [-0.25, -0.2) is 4.39 Å². The van der Waals surface area contributed by atoms with Crippen LogP contribution in [-0.4, -0.2) is 38.6 Å². The van der Waals surface area contributed by atoms with E-state index in [1.807, 2.05) is 31.7 Å². The van der Waals surface area contributed by atoms with Crippen molar-refractivity contribution in [1.82, 2.24) is 0 Å². The van der Waals surface area contributed by atoms with Crippen molar-refractivity contribution < 1.29 is 27.1 Å². The van der Waals surface area contributed by atoms with Crippen molar-refractivity contribution in [2.45, 2.75) is 39.7 Å². The predicted molar refractivity (Wildman–Crippen MR) is 115 cm³/mol. The van der Waals surface area contributed by atoms with Crippen LogP contribution in [0.25, 0.3) is 0 Å². The Balaban J connectivity index is 0.00000166. The van der Waals surface area contributed by atoms with Crippen LogP contribution in [0.2, 0.25) is 0 Å². The molecule has 0 aliphatic carbocycles. The number of benzene rings is 2. The van der Waals surface area contributed by atoms with Gasteiger partial charge in [0.05, 0.1) is 11.3 Å². The molecule has 1 saturated heterocycles. The SMILES string of the molecule is CC.CNc1cc(C(=O)Nc2ccc(OC(F)(F)F)cc2)c(N2CCC(F)C2)cc1C. The van der Waals surface area contributed by atoms with Gasteiger partial charge in [-0.2, -0.15) is 0 Å². The highest BCUT2D eigenvalue weighted by Crippen LogP contribution is 2.32. The fraction of sp³-hybridized carbons (Fsp3) is 0.409. The van der Waals surface area contributed by atoms with Crippen molar-refractivity contribution >= 4 is 23.0 Å². The Morgan fingerprint density at radius 3 is 2.32 bits per heavy atom. The molecule has 0 bridgehead atoms. The molecule has 170 valence electrons. The molecule has 2 aromatic rings. The molecular weight excluding hydrogens is 414 g/mol. The first-order valence-electron chi connectivity index (χ1n) is 10.0. The van der Waals surface area contributed by atoms with E-state index < -0.39 is 18.4 Å². The van der Waals surface area contributed by atoms with Gasteiger partial charge in [-0.3, -0.25) is 4.79 Å². The summed E-state index contributed by atoms with van der Waals surface area (Å²) in [5.41, 5.74) is 2.95. The lowest BCUT2D eigenvalue weighted by Gasteiger charge is -2.23. The topological polar surface area (TPSA) is 53.6 Å². The molecule has 0 saturated carbocycles. The Hall–Kier alpha value is -2.97. The number of hydrogen-bond donors (Lipinski definition) is 2. The molecule has 1 unspecified atom stereocenters. The first kappa shape index (κ1) is 24.3. The zero-order chi connectivity index (χ0) is 23.2. The van der Waals surface area contributed by atoms with Gasteiger partial charge in [0.2, 0.25) is 0 Å². The largest absolute Gasteiger partial charge is 0.573 e. The Bertz CT molecular complexity index is 886. The molecule has 0 radical (unpaired) electrons. The molecule has 0 spiro atoms. The zero-order valence-corrected chi connectivity index (χ0v) is 17.9. The van der Waals surface area contributed by atoms with Gasteiger partial charge in [0.25, 0.3) is 5.91 Å². The Labute approximate surface area is 179 Å². The lowest BCUT2D eigenvalue weighted by Crippen LogP contribution is -2.24. The number of nitrogens with zero attached hydrogens (tertiary/aromatic N) is 1. The third-order valence-corrected chi connectivity index (χ3v) is 4.67. The number of alkyl halides is 4. The highest BCUT2D eigenvalue weighted by molar-refractivity contribution is 6.09. The molecule has 2 N–H and O–H groups in total. The van der Waals surface area contributed by atoms with Gasteiger partial charge in [0.1, 0.15) is 11.9 Å². The number of carbonyl (C=O) groups is 1. The molecule has 1 amide bonds. The number of rotatable bonds is 5. The van der Waals surface area contributed by atoms with E-state index in [0.717, 1.165) is 23.4 Å². The summed E-state index contributed by atoms with van der Waals surface area (Å²) in [6.07, 6.45) is -5.33. The average Bonchev–Trinajstić information content (AvgIpc) is 3.16. The smallest absolute Gasteiger partial charge is 0.406 e.